The van der Waals surface area contributed by atoms with Crippen LogP contribution < -0.4 is 10.2 Å². The summed E-state index contributed by atoms with van der Waals surface area (Å²) in [5, 5.41) is 3.31. The number of imidazole rings is 1. The van der Waals surface area contributed by atoms with E-state index in [1.807, 2.05) is 41.3 Å². The van der Waals surface area contributed by atoms with Gasteiger partial charge in [-0.2, -0.15) is 0 Å². The molecule has 4 heterocycles. The highest BCUT2D eigenvalue weighted by Crippen LogP contribution is 2.37. The monoisotopic (exact) mass is 457 g/mol. The number of para-hydroxylation sites is 2. The first-order valence-corrected chi connectivity index (χ1v) is 11.2. The second-order valence-corrected chi connectivity index (χ2v) is 8.33. The Morgan fingerprint density at radius 1 is 1.00 bits per heavy atom. The van der Waals surface area contributed by atoms with E-state index in [4.69, 9.17) is 4.98 Å². The number of halogens is 2. The molecule has 2 aromatic carbocycles. The number of nitrogens with one attached hydrogen (secondary N) is 2. The molecule has 0 spiro atoms. The van der Waals surface area contributed by atoms with Crippen LogP contribution >= 0.6 is 0 Å². The number of hydrogen-bond donors (Lipinski definition) is 2. The summed E-state index contributed by atoms with van der Waals surface area (Å²) >= 11 is 0. The molecular formula is C25H21F2N7. The second-order valence-electron chi connectivity index (χ2n) is 8.33. The molecule has 170 valence electrons. The highest BCUT2D eigenvalue weighted by atomic mass is 19.1. The lowest BCUT2D eigenvalue weighted by Gasteiger charge is -2.26. The van der Waals surface area contributed by atoms with Crippen molar-refractivity contribution in [1.29, 1.82) is 0 Å². The van der Waals surface area contributed by atoms with Gasteiger partial charge in [0.15, 0.2) is 5.82 Å². The van der Waals surface area contributed by atoms with Crippen molar-refractivity contribution >= 4 is 33.7 Å². The van der Waals surface area contributed by atoms with Crippen molar-refractivity contribution in [2.45, 2.75) is 25.4 Å². The maximum absolute atomic E-state index is 14.5. The molecular weight excluding hydrogens is 436 g/mol. The van der Waals surface area contributed by atoms with Crippen LogP contribution in [0.15, 0.2) is 60.9 Å². The summed E-state index contributed by atoms with van der Waals surface area (Å²) in [6.07, 6.45) is 3.08. The SMILES string of the molecule is Fc1ccc(F)c([C@H]2CCCN2c2ccc3ncnc(NCc4nc5ccccc5[nH]4)c3n2)c1. The molecule has 0 saturated carbocycles. The van der Waals surface area contributed by atoms with Gasteiger partial charge in [-0.05, 0) is 55.3 Å². The largest absolute Gasteiger partial charge is 0.361 e. The Morgan fingerprint density at radius 3 is 2.82 bits per heavy atom. The van der Waals surface area contributed by atoms with Gasteiger partial charge in [-0.3, -0.25) is 0 Å². The maximum atomic E-state index is 14.5. The fraction of sp³-hybridized carbons (Fsp3) is 0.200. The molecule has 1 atom stereocenters. The van der Waals surface area contributed by atoms with Crippen LogP contribution in [0, 0.1) is 11.6 Å². The zero-order valence-electron chi connectivity index (χ0n) is 18.2. The Kier molecular flexibility index (Phi) is 5.01. The first-order chi connectivity index (χ1) is 16.7. The van der Waals surface area contributed by atoms with Crippen LogP contribution in [0.1, 0.15) is 30.3 Å². The van der Waals surface area contributed by atoms with Crippen LogP contribution in [-0.4, -0.2) is 31.5 Å². The van der Waals surface area contributed by atoms with Gasteiger partial charge >= 0.3 is 0 Å². The summed E-state index contributed by atoms with van der Waals surface area (Å²) in [4.78, 5) is 23.5. The lowest BCUT2D eigenvalue weighted by molar-refractivity contribution is 0.560. The van der Waals surface area contributed by atoms with Gasteiger partial charge in [0.1, 0.15) is 35.1 Å². The molecule has 0 bridgehead atoms. The standard InChI is InChI=1S/C25H21F2N7/c26-15-7-8-17(27)16(12-15)21-6-3-11-34(21)23-10-9-20-24(33-23)25(30-14-29-20)28-13-22-31-18-4-1-2-5-19(18)32-22/h1-2,4-5,7-10,12,14,21H,3,6,11,13H2,(H,31,32)(H,28,29,30)/t21-/m1/s1. The predicted octanol–water partition coefficient (Wildman–Crippen LogP) is 5.13. The second kappa shape index (κ2) is 8.33. The molecule has 1 fully saturated rings. The summed E-state index contributed by atoms with van der Waals surface area (Å²) in [7, 11) is 0. The van der Waals surface area contributed by atoms with E-state index in [0.29, 0.717) is 41.3 Å². The van der Waals surface area contributed by atoms with Gasteiger partial charge < -0.3 is 15.2 Å². The molecule has 1 saturated heterocycles. The van der Waals surface area contributed by atoms with Crippen LogP contribution in [0.5, 0.6) is 0 Å². The molecule has 7 nitrogen and oxygen atoms in total. The molecule has 2 N–H and O–H groups in total. The Bertz CT molecular complexity index is 1470. The predicted molar refractivity (Wildman–Crippen MR) is 126 cm³/mol. The fourth-order valence-electron chi connectivity index (χ4n) is 4.61. The van der Waals surface area contributed by atoms with Crippen LogP contribution in [0.3, 0.4) is 0 Å². The summed E-state index contributed by atoms with van der Waals surface area (Å²) in [5.41, 5.74) is 3.53. The third kappa shape index (κ3) is 3.68. The molecule has 3 aromatic heterocycles. The molecule has 0 unspecified atom stereocenters. The minimum absolute atomic E-state index is 0.280. The van der Waals surface area contributed by atoms with Gasteiger partial charge in [-0.1, -0.05) is 12.1 Å². The molecule has 1 aliphatic heterocycles. The number of rotatable bonds is 5. The normalized spacial score (nSPS) is 15.9. The van der Waals surface area contributed by atoms with E-state index in [9.17, 15) is 8.78 Å². The van der Waals surface area contributed by atoms with Crippen molar-refractivity contribution in [1.82, 2.24) is 24.9 Å². The van der Waals surface area contributed by atoms with Crippen LogP contribution in [0.2, 0.25) is 0 Å². The number of fused-ring (bicyclic) bond motifs is 2. The van der Waals surface area contributed by atoms with Gasteiger partial charge in [0.2, 0.25) is 0 Å². The lowest BCUT2D eigenvalue weighted by atomic mass is 10.0. The Hall–Kier alpha value is -4.14. The van der Waals surface area contributed by atoms with Gasteiger partial charge in [-0.15, -0.1) is 0 Å². The number of nitrogens with zero attached hydrogens (tertiary/aromatic N) is 5. The van der Waals surface area contributed by atoms with E-state index >= 15 is 0 Å². The number of hydrogen-bond acceptors (Lipinski definition) is 6. The van der Waals surface area contributed by atoms with Crippen molar-refractivity contribution in [2.24, 2.45) is 0 Å². The number of anilines is 2. The first-order valence-electron chi connectivity index (χ1n) is 11.2. The van der Waals surface area contributed by atoms with Crippen LogP contribution in [0.4, 0.5) is 20.4 Å². The Balaban J connectivity index is 1.31. The van der Waals surface area contributed by atoms with E-state index in [-0.39, 0.29) is 6.04 Å². The van der Waals surface area contributed by atoms with Crippen molar-refractivity contribution in [3.05, 3.63) is 83.9 Å². The lowest BCUT2D eigenvalue weighted by Crippen LogP contribution is -2.24. The van der Waals surface area contributed by atoms with Gasteiger partial charge in [0.05, 0.1) is 29.1 Å². The third-order valence-electron chi connectivity index (χ3n) is 6.19. The van der Waals surface area contributed by atoms with Crippen LogP contribution in [-0.2, 0) is 6.54 Å². The average Bonchev–Trinajstić information content (AvgIpc) is 3.51. The van der Waals surface area contributed by atoms with Crippen molar-refractivity contribution in [3.63, 3.8) is 0 Å². The Labute approximate surface area is 193 Å². The number of benzene rings is 2. The van der Waals surface area contributed by atoms with E-state index < -0.39 is 11.6 Å². The van der Waals surface area contributed by atoms with E-state index in [2.05, 4.69) is 25.3 Å². The quantitative estimate of drug-likeness (QED) is 0.381. The highest BCUT2D eigenvalue weighted by Gasteiger charge is 2.30. The average molecular weight is 457 g/mol. The number of H-pyrrole nitrogens is 1. The van der Waals surface area contributed by atoms with E-state index in [1.165, 1.54) is 18.5 Å². The topological polar surface area (TPSA) is 82.6 Å². The molecule has 5 aromatic rings. The maximum Gasteiger partial charge on any atom is 0.156 e. The highest BCUT2D eigenvalue weighted by molar-refractivity contribution is 5.86. The molecule has 0 aliphatic carbocycles. The minimum Gasteiger partial charge on any atom is -0.361 e. The van der Waals surface area contributed by atoms with Gasteiger partial charge in [0.25, 0.3) is 0 Å². The summed E-state index contributed by atoms with van der Waals surface area (Å²) in [6.45, 7) is 1.14. The zero-order valence-corrected chi connectivity index (χ0v) is 18.2. The molecule has 0 radical (unpaired) electrons. The summed E-state index contributed by atoms with van der Waals surface area (Å²) < 4.78 is 28.4. The zero-order chi connectivity index (χ0) is 23.1. The van der Waals surface area contributed by atoms with Crippen molar-refractivity contribution in [3.8, 4) is 0 Å². The number of aromatic amines is 1. The van der Waals surface area contributed by atoms with Crippen LogP contribution in [0.25, 0.3) is 22.1 Å². The van der Waals surface area contributed by atoms with E-state index in [1.54, 1.807) is 0 Å². The molecule has 6 rings (SSSR count). The summed E-state index contributed by atoms with van der Waals surface area (Å²) in [5.74, 6) is 1.20. The smallest absolute Gasteiger partial charge is 0.156 e. The van der Waals surface area contributed by atoms with Crippen molar-refractivity contribution in [2.75, 3.05) is 16.8 Å². The fourth-order valence-corrected chi connectivity index (χ4v) is 4.61. The molecule has 9 heteroatoms. The van der Waals surface area contributed by atoms with Gasteiger partial charge in [0, 0.05) is 12.1 Å². The summed E-state index contributed by atoms with van der Waals surface area (Å²) in [6, 6.07) is 14.9. The van der Waals surface area contributed by atoms with E-state index in [0.717, 1.165) is 35.8 Å². The minimum atomic E-state index is -0.444. The first kappa shape index (κ1) is 20.5. The van der Waals surface area contributed by atoms with Crippen molar-refractivity contribution < 1.29 is 8.78 Å². The number of aromatic nitrogens is 5. The molecule has 1 aliphatic rings. The van der Waals surface area contributed by atoms with Gasteiger partial charge in [-0.25, -0.2) is 28.7 Å². The molecule has 0 amide bonds. The Morgan fingerprint density at radius 2 is 1.91 bits per heavy atom. The third-order valence-corrected chi connectivity index (χ3v) is 6.19. The number of pyridine rings is 1. The molecule has 34 heavy (non-hydrogen) atoms.